The van der Waals surface area contributed by atoms with Crippen molar-refractivity contribution in [3.63, 3.8) is 0 Å². The summed E-state index contributed by atoms with van der Waals surface area (Å²) in [6.07, 6.45) is 0. The van der Waals surface area contributed by atoms with Crippen LogP contribution in [0.15, 0.2) is 17.3 Å². The lowest BCUT2D eigenvalue weighted by molar-refractivity contribution is -0.142. The van der Waals surface area contributed by atoms with Gasteiger partial charge in [-0.1, -0.05) is 16.8 Å². The van der Waals surface area contributed by atoms with Crippen LogP contribution in [0.5, 0.6) is 0 Å². The summed E-state index contributed by atoms with van der Waals surface area (Å²) < 4.78 is 0.660. The number of carbonyl (C=O) groups is 1. The van der Waals surface area contributed by atoms with E-state index in [4.69, 9.17) is 16.7 Å². The summed E-state index contributed by atoms with van der Waals surface area (Å²) in [4.78, 5) is 15.5. The third kappa shape index (κ3) is 3.35. The zero-order valence-corrected chi connectivity index (χ0v) is 8.93. The van der Waals surface area contributed by atoms with Crippen LogP contribution in [0.4, 0.5) is 0 Å². The number of carboxylic acids is 1. The first kappa shape index (κ1) is 11.0. The summed E-state index contributed by atoms with van der Waals surface area (Å²) in [5, 5.41) is 11.9. The van der Waals surface area contributed by atoms with Crippen LogP contribution >= 0.6 is 22.9 Å². The van der Waals surface area contributed by atoms with E-state index < -0.39 is 12.6 Å². The molecule has 0 aliphatic rings. The molecule has 1 rings (SSSR count). The normalized spacial score (nSPS) is 11.4. The summed E-state index contributed by atoms with van der Waals surface area (Å²) in [7, 11) is 0. The minimum absolute atomic E-state index is 0.434. The number of rotatable bonds is 4. The molecule has 1 aromatic rings. The van der Waals surface area contributed by atoms with Gasteiger partial charge in [0.05, 0.1) is 14.9 Å². The summed E-state index contributed by atoms with van der Waals surface area (Å²) in [6, 6.07) is 3.55. The molecule has 0 fully saturated rings. The molecule has 0 radical (unpaired) electrons. The highest BCUT2D eigenvalue weighted by molar-refractivity contribution is 7.18. The molecule has 0 spiro atoms. The maximum absolute atomic E-state index is 10.1. The molecule has 76 valence electrons. The van der Waals surface area contributed by atoms with Crippen molar-refractivity contribution in [2.45, 2.75) is 6.92 Å². The van der Waals surface area contributed by atoms with E-state index in [1.165, 1.54) is 11.3 Å². The molecular formula is C8H8ClNO3S. The van der Waals surface area contributed by atoms with Gasteiger partial charge in [0.2, 0.25) is 6.61 Å². The van der Waals surface area contributed by atoms with Gasteiger partial charge in [-0.15, -0.1) is 11.3 Å². The Balaban J connectivity index is 2.56. The highest BCUT2D eigenvalue weighted by atomic mass is 35.5. The summed E-state index contributed by atoms with van der Waals surface area (Å²) in [5.41, 5.74) is 0.614. The van der Waals surface area contributed by atoms with Crippen molar-refractivity contribution in [2.75, 3.05) is 6.61 Å². The van der Waals surface area contributed by atoms with E-state index in [9.17, 15) is 4.79 Å². The number of thiophene rings is 1. The molecule has 0 saturated carbocycles. The number of aliphatic carboxylic acids is 1. The van der Waals surface area contributed by atoms with Crippen molar-refractivity contribution >= 4 is 34.6 Å². The highest BCUT2D eigenvalue weighted by Crippen LogP contribution is 2.21. The molecule has 0 aliphatic heterocycles. The average molecular weight is 234 g/mol. The second-order valence-corrected chi connectivity index (χ2v) is 4.16. The molecule has 6 heteroatoms. The molecule has 0 saturated heterocycles. The number of nitrogens with zero attached hydrogens (tertiary/aromatic N) is 1. The first-order chi connectivity index (χ1) is 6.59. The van der Waals surface area contributed by atoms with Crippen LogP contribution in [0.2, 0.25) is 4.34 Å². The van der Waals surface area contributed by atoms with E-state index in [1.54, 1.807) is 19.1 Å². The lowest BCUT2D eigenvalue weighted by Crippen LogP contribution is -2.04. The number of oxime groups is 1. The maximum Gasteiger partial charge on any atom is 0.344 e. The van der Waals surface area contributed by atoms with E-state index in [0.717, 1.165) is 4.88 Å². The van der Waals surface area contributed by atoms with Crippen LogP contribution in [0.3, 0.4) is 0 Å². The number of carboxylic acid groups (broad SMARTS) is 1. The molecular weight excluding hydrogens is 226 g/mol. The van der Waals surface area contributed by atoms with Gasteiger partial charge in [0.15, 0.2) is 0 Å². The summed E-state index contributed by atoms with van der Waals surface area (Å²) in [5.74, 6) is -1.05. The van der Waals surface area contributed by atoms with Gasteiger partial charge in [-0.05, 0) is 19.1 Å². The quantitative estimate of drug-likeness (QED) is 0.641. The van der Waals surface area contributed by atoms with E-state index in [0.29, 0.717) is 10.0 Å². The van der Waals surface area contributed by atoms with Gasteiger partial charge in [0.1, 0.15) is 0 Å². The first-order valence-corrected chi connectivity index (χ1v) is 4.93. The predicted octanol–water partition coefficient (Wildman–Crippen LogP) is 2.23. The van der Waals surface area contributed by atoms with Crippen LogP contribution < -0.4 is 0 Å². The molecule has 0 unspecified atom stereocenters. The second kappa shape index (κ2) is 4.97. The third-order valence-electron chi connectivity index (χ3n) is 1.32. The summed E-state index contributed by atoms with van der Waals surface area (Å²) in [6.45, 7) is 1.29. The van der Waals surface area contributed by atoms with E-state index in [2.05, 4.69) is 9.99 Å². The Morgan fingerprint density at radius 2 is 2.43 bits per heavy atom. The Bertz CT molecular complexity index is 361. The number of hydrogen-bond acceptors (Lipinski definition) is 4. The van der Waals surface area contributed by atoms with E-state index >= 15 is 0 Å². The van der Waals surface area contributed by atoms with Crippen LogP contribution in [0.1, 0.15) is 11.8 Å². The van der Waals surface area contributed by atoms with Gasteiger partial charge in [-0.3, -0.25) is 0 Å². The van der Waals surface area contributed by atoms with Crippen molar-refractivity contribution < 1.29 is 14.7 Å². The SMILES string of the molecule is C/C(=N\OCC(=O)O)c1ccc(Cl)s1. The van der Waals surface area contributed by atoms with E-state index in [1.807, 2.05) is 0 Å². The number of halogens is 1. The molecule has 1 heterocycles. The topological polar surface area (TPSA) is 58.9 Å². The van der Waals surface area contributed by atoms with Gasteiger partial charge in [-0.25, -0.2) is 4.79 Å². The van der Waals surface area contributed by atoms with Crippen molar-refractivity contribution in [3.05, 3.63) is 21.3 Å². The first-order valence-electron chi connectivity index (χ1n) is 3.73. The van der Waals surface area contributed by atoms with Gasteiger partial charge in [0, 0.05) is 0 Å². The Morgan fingerprint density at radius 1 is 1.71 bits per heavy atom. The summed E-state index contributed by atoms with van der Waals surface area (Å²) >= 11 is 7.08. The van der Waals surface area contributed by atoms with Crippen LogP contribution in [0.25, 0.3) is 0 Å². The Morgan fingerprint density at radius 3 is 2.93 bits per heavy atom. The zero-order chi connectivity index (χ0) is 10.6. The Hall–Kier alpha value is -1.07. The molecule has 14 heavy (non-hydrogen) atoms. The molecule has 0 aromatic carbocycles. The maximum atomic E-state index is 10.1. The van der Waals surface area contributed by atoms with Crippen molar-refractivity contribution in [2.24, 2.45) is 5.16 Å². The largest absolute Gasteiger partial charge is 0.479 e. The fourth-order valence-corrected chi connectivity index (χ4v) is 1.72. The number of hydrogen-bond donors (Lipinski definition) is 1. The van der Waals surface area contributed by atoms with Crippen molar-refractivity contribution in [1.82, 2.24) is 0 Å². The minimum atomic E-state index is -1.05. The van der Waals surface area contributed by atoms with Crippen LogP contribution in [-0.2, 0) is 9.63 Å². The van der Waals surface area contributed by atoms with Crippen molar-refractivity contribution in [3.8, 4) is 0 Å². The minimum Gasteiger partial charge on any atom is -0.479 e. The van der Waals surface area contributed by atoms with Crippen LogP contribution in [0, 0.1) is 0 Å². The molecule has 0 aliphatic carbocycles. The smallest absolute Gasteiger partial charge is 0.344 e. The fraction of sp³-hybridized carbons (Fsp3) is 0.250. The van der Waals surface area contributed by atoms with Crippen molar-refractivity contribution in [1.29, 1.82) is 0 Å². The molecule has 0 atom stereocenters. The highest BCUT2D eigenvalue weighted by Gasteiger charge is 2.02. The second-order valence-electron chi connectivity index (χ2n) is 2.45. The van der Waals surface area contributed by atoms with Gasteiger partial charge in [0.25, 0.3) is 0 Å². The van der Waals surface area contributed by atoms with Gasteiger partial charge in [-0.2, -0.15) is 0 Å². The fourth-order valence-electron chi connectivity index (χ4n) is 0.738. The Kier molecular flexibility index (Phi) is 3.91. The molecule has 4 nitrogen and oxygen atoms in total. The van der Waals surface area contributed by atoms with E-state index in [-0.39, 0.29) is 0 Å². The van der Waals surface area contributed by atoms with Crippen LogP contribution in [-0.4, -0.2) is 23.4 Å². The molecule has 0 bridgehead atoms. The van der Waals surface area contributed by atoms with Gasteiger partial charge < -0.3 is 9.94 Å². The average Bonchev–Trinajstić information content (AvgIpc) is 2.51. The zero-order valence-electron chi connectivity index (χ0n) is 7.36. The van der Waals surface area contributed by atoms with Gasteiger partial charge >= 0.3 is 5.97 Å². The lowest BCUT2D eigenvalue weighted by atomic mass is 10.3. The standard InChI is InChI=1S/C8H8ClNO3S/c1-5(10-13-4-8(11)12)6-2-3-7(9)14-6/h2-3H,4H2,1H3,(H,11,12)/b10-5+. The molecule has 1 N–H and O–H groups in total. The third-order valence-corrected chi connectivity index (χ3v) is 2.66. The Labute approximate surface area is 89.8 Å². The molecule has 1 aromatic heterocycles. The predicted molar refractivity (Wildman–Crippen MR) is 55.1 cm³/mol. The monoisotopic (exact) mass is 233 g/mol. The molecule has 0 amide bonds. The lowest BCUT2D eigenvalue weighted by Gasteiger charge is -1.96.